The molecular formula is C13H27N3O. The third kappa shape index (κ3) is 5.50. The lowest BCUT2D eigenvalue weighted by atomic mass is 9.95. The average molecular weight is 241 g/mol. The van der Waals surface area contributed by atoms with Crippen molar-refractivity contribution >= 4 is 5.91 Å². The summed E-state index contributed by atoms with van der Waals surface area (Å²) in [5.74, 6) is -0.396. The Hall–Kier alpha value is -0.610. The molecule has 0 saturated carbocycles. The van der Waals surface area contributed by atoms with E-state index in [1.54, 1.807) is 6.92 Å². The Morgan fingerprint density at radius 1 is 1.18 bits per heavy atom. The molecule has 1 aliphatic rings. The van der Waals surface area contributed by atoms with Crippen molar-refractivity contribution < 1.29 is 4.79 Å². The molecule has 1 amide bonds. The second kappa shape index (κ2) is 6.97. The van der Waals surface area contributed by atoms with Crippen molar-refractivity contribution in [3.05, 3.63) is 0 Å². The topological polar surface area (TPSA) is 72.3 Å². The smallest absolute Gasteiger partial charge is 0.237 e. The van der Waals surface area contributed by atoms with E-state index in [0.717, 1.165) is 19.4 Å². The molecule has 0 aromatic rings. The van der Waals surface area contributed by atoms with Gasteiger partial charge in [0.1, 0.15) is 0 Å². The molecule has 0 aromatic heterocycles. The first kappa shape index (κ1) is 14.5. The zero-order valence-electron chi connectivity index (χ0n) is 11.1. The van der Waals surface area contributed by atoms with Crippen LogP contribution in [0.4, 0.5) is 0 Å². The Kier molecular flexibility index (Phi) is 5.92. The second-order valence-electron chi connectivity index (χ2n) is 5.49. The number of hydrogen-bond donors (Lipinski definition) is 2. The number of nitrogens with two attached hydrogens (primary N) is 2. The van der Waals surface area contributed by atoms with Crippen LogP contribution in [-0.2, 0) is 4.79 Å². The van der Waals surface area contributed by atoms with Crippen molar-refractivity contribution in [3.63, 3.8) is 0 Å². The number of nitrogens with zero attached hydrogens (tertiary/aromatic N) is 1. The Balaban J connectivity index is 2.12. The molecule has 4 nitrogen and oxygen atoms in total. The van der Waals surface area contributed by atoms with E-state index in [9.17, 15) is 4.79 Å². The van der Waals surface area contributed by atoms with Crippen LogP contribution in [0.15, 0.2) is 0 Å². The highest BCUT2D eigenvalue weighted by Gasteiger charge is 2.24. The van der Waals surface area contributed by atoms with Crippen LogP contribution in [-0.4, -0.2) is 36.0 Å². The molecule has 0 radical (unpaired) electrons. The van der Waals surface area contributed by atoms with E-state index in [0.29, 0.717) is 6.42 Å². The molecule has 1 unspecified atom stereocenters. The molecule has 17 heavy (non-hydrogen) atoms. The number of carbonyl (C=O) groups is 1. The van der Waals surface area contributed by atoms with Crippen molar-refractivity contribution in [1.29, 1.82) is 0 Å². The first-order valence-corrected chi connectivity index (χ1v) is 6.83. The van der Waals surface area contributed by atoms with Crippen LogP contribution in [0.25, 0.3) is 0 Å². The third-order valence-electron chi connectivity index (χ3n) is 3.68. The van der Waals surface area contributed by atoms with Crippen molar-refractivity contribution in [1.82, 2.24) is 4.90 Å². The van der Waals surface area contributed by atoms with Gasteiger partial charge in [0.15, 0.2) is 0 Å². The maximum Gasteiger partial charge on any atom is 0.237 e. The van der Waals surface area contributed by atoms with Gasteiger partial charge in [0.2, 0.25) is 5.91 Å². The third-order valence-corrected chi connectivity index (χ3v) is 3.68. The van der Waals surface area contributed by atoms with Gasteiger partial charge in [0.05, 0.1) is 5.54 Å². The highest BCUT2D eigenvalue weighted by Crippen LogP contribution is 2.13. The normalized spacial score (nSPS) is 21.8. The van der Waals surface area contributed by atoms with Gasteiger partial charge in [-0.25, -0.2) is 0 Å². The second-order valence-corrected chi connectivity index (χ2v) is 5.49. The number of rotatable bonds is 6. The van der Waals surface area contributed by atoms with Gasteiger partial charge in [-0.2, -0.15) is 0 Å². The molecule has 1 rings (SSSR count). The number of amides is 1. The van der Waals surface area contributed by atoms with Crippen molar-refractivity contribution in [2.45, 2.75) is 57.4 Å². The van der Waals surface area contributed by atoms with Gasteiger partial charge >= 0.3 is 0 Å². The van der Waals surface area contributed by atoms with Crippen molar-refractivity contribution in [2.75, 3.05) is 19.6 Å². The fourth-order valence-electron chi connectivity index (χ4n) is 2.31. The first-order valence-electron chi connectivity index (χ1n) is 6.83. The fourth-order valence-corrected chi connectivity index (χ4v) is 2.31. The largest absolute Gasteiger partial charge is 0.368 e. The van der Waals surface area contributed by atoms with Crippen LogP contribution in [0.5, 0.6) is 0 Å². The van der Waals surface area contributed by atoms with Gasteiger partial charge in [-0.05, 0) is 58.7 Å². The molecule has 4 N–H and O–H groups in total. The van der Waals surface area contributed by atoms with Crippen LogP contribution < -0.4 is 11.5 Å². The number of likely N-dealkylation sites (tertiary alicyclic amines) is 1. The fraction of sp³-hybridized carbons (Fsp3) is 0.923. The minimum Gasteiger partial charge on any atom is -0.368 e. The molecule has 0 aromatic carbocycles. The number of hydrogen-bond acceptors (Lipinski definition) is 3. The lowest BCUT2D eigenvalue weighted by Crippen LogP contribution is -2.49. The summed E-state index contributed by atoms with van der Waals surface area (Å²) in [6.07, 6.45) is 8.19. The molecule has 1 saturated heterocycles. The quantitative estimate of drug-likeness (QED) is 0.687. The first-order chi connectivity index (χ1) is 8.02. The highest BCUT2D eigenvalue weighted by atomic mass is 16.1. The maximum absolute atomic E-state index is 11.0. The van der Waals surface area contributed by atoms with Gasteiger partial charge in [0.25, 0.3) is 0 Å². The minimum absolute atomic E-state index is 0.396. The van der Waals surface area contributed by atoms with Gasteiger partial charge in [-0.1, -0.05) is 12.8 Å². The van der Waals surface area contributed by atoms with Crippen LogP contribution in [0.2, 0.25) is 0 Å². The summed E-state index contributed by atoms with van der Waals surface area (Å²) < 4.78 is 0. The van der Waals surface area contributed by atoms with E-state index in [4.69, 9.17) is 11.5 Å². The summed E-state index contributed by atoms with van der Waals surface area (Å²) in [5, 5.41) is 0. The molecule has 1 heterocycles. The van der Waals surface area contributed by atoms with E-state index >= 15 is 0 Å². The number of unbranched alkanes of at least 4 members (excludes halogenated alkanes) is 1. The Bertz CT molecular complexity index is 233. The summed E-state index contributed by atoms with van der Waals surface area (Å²) in [4.78, 5) is 13.6. The SMILES string of the molecule is CC(N)(CCCCN1CCCCCC1)C(N)=O. The minimum atomic E-state index is -0.835. The lowest BCUT2D eigenvalue weighted by molar-refractivity contribution is -0.122. The van der Waals surface area contributed by atoms with Crippen LogP contribution in [0, 0.1) is 0 Å². The maximum atomic E-state index is 11.0. The van der Waals surface area contributed by atoms with E-state index < -0.39 is 11.4 Å². The van der Waals surface area contributed by atoms with E-state index in [2.05, 4.69) is 4.90 Å². The highest BCUT2D eigenvalue weighted by molar-refractivity contribution is 5.83. The van der Waals surface area contributed by atoms with Gasteiger partial charge in [0, 0.05) is 0 Å². The summed E-state index contributed by atoms with van der Waals surface area (Å²) in [6.45, 7) is 5.32. The van der Waals surface area contributed by atoms with Crippen molar-refractivity contribution in [2.24, 2.45) is 11.5 Å². The molecule has 1 aliphatic heterocycles. The number of primary amides is 1. The summed E-state index contributed by atoms with van der Waals surface area (Å²) in [7, 11) is 0. The van der Waals surface area contributed by atoms with Crippen LogP contribution >= 0.6 is 0 Å². The molecule has 1 atom stereocenters. The molecule has 0 bridgehead atoms. The summed E-state index contributed by atoms with van der Waals surface area (Å²) >= 11 is 0. The van der Waals surface area contributed by atoms with Crippen LogP contribution in [0.1, 0.15) is 51.9 Å². The summed E-state index contributed by atoms with van der Waals surface area (Å²) in [6, 6.07) is 0. The Morgan fingerprint density at radius 2 is 1.76 bits per heavy atom. The van der Waals surface area contributed by atoms with E-state index in [1.807, 2.05) is 0 Å². The van der Waals surface area contributed by atoms with Gasteiger partial charge < -0.3 is 16.4 Å². The Labute approximate surface area is 105 Å². The molecule has 0 aliphatic carbocycles. The van der Waals surface area contributed by atoms with Crippen LogP contribution in [0.3, 0.4) is 0 Å². The zero-order valence-corrected chi connectivity index (χ0v) is 11.1. The Morgan fingerprint density at radius 3 is 2.29 bits per heavy atom. The molecule has 0 spiro atoms. The van der Waals surface area contributed by atoms with E-state index in [1.165, 1.54) is 38.8 Å². The van der Waals surface area contributed by atoms with E-state index in [-0.39, 0.29) is 0 Å². The molecule has 1 fully saturated rings. The summed E-state index contributed by atoms with van der Waals surface area (Å²) in [5.41, 5.74) is 10.2. The molecular weight excluding hydrogens is 214 g/mol. The lowest BCUT2D eigenvalue weighted by Gasteiger charge is -2.22. The van der Waals surface area contributed by atoms with Crippen molar-refractivity contribution in [3.8, 4) is 0 Å². The molecule has 100 valence electrons. The zero-order chi connectivity index (χ0) is 12.7. The predicted molar refractivity (Wildman–Crippen MR) is 70.5 cm³/mol. The standard InChI is InChI=1S/C13H27N3O/c1-13(15,12(14)17)8-4-7-11-16-9-5-2-3-6-10-16/h2-11,15H2,1H3,(H2,14,17). The molecule has 4 heteroatoms. The number of carbonyl (C=O) groups excluding carboxylic acids is 1. The van der Waals surface area contributed by atoms with Gasteiger partial charge in [-0.15, -0.1) is 0 Å². The monoisotopic (exact) mass is 241 g/mol. The average Bonchev–Trinajstić information content (AvgIpc) is 2.52. The van der Waals surface area contributed by atoms with Gasteiger partial charge in [-0.3, -0.25) is 4.79 Å². The predicted octanol–water partition coefficient (Wildman–Crippen LogP) is 1.24.